The number of rotatable bonds is 4. The Bertz CT molecular complexity index is 533. The molecule has 1 aliphatic heterocycles. The Morgan fingerprint density at radius 1 is 1.38 bits per heavy atom. The highest BCUT2D eigenvalue weighted by molar-refractivity contribution is 8.13. The lowest BCUT2D eigenvalue weighted by Gasteiger charge is -2.18. The summed E-state index contributed by atoms with van der Waals surface area (Å²) in [5.41, 5.74) is 0.827. The number of amides is 2. The van der Waals surface area contributed by atoms with Crippen molar-refractivity contribution >= 4 is 29.1 Å². The molecule has 0 radical (unpaired) electrons. The third kappa shape index (κ3) is 4.22. The molecule has 0 saturated carbocycles. The van der Waals surface area contributed by atoms with Crippen LogP contribution in [0.2, 0.25) is 0 Å². The number of thioether (sulfide) groups is 1. The van der Waals surface area contributed by atoms with Crippen molar-refractivity contribution in [2.45, 2.75) is 19.6 Å². The molecular formula is C14H15NO5S. The van der Waals surface area contributed by atoms with Crippen LogP contribution >= 0.6 is 11.8 Å². The van der Waals surface area contributed by atoms with Crippen LogP contribution in [-0.2, 0) is 20.9 Å². The Kier molecular flexibility index (Phi) is 5.21. The summed E-state index contributed by atoms with van der Waals surface area (Å²) in [5.74, 6) is 0.307. The van der Waals surface area contributed by atoms with Gasteiger partial charge in [-0.3, -0.25) is 4.79 Å². The standard InChI is InChI=1S/C14H15NO5S/c1-10(16)21-9-12-8-20-14(18)15(12)13(17)19-7-11-5-3-2-4-6-11/h2-6,12H,7-9H2,1H3. The van der Waals surface area contributed by atoms with E-state index in [0.29, 0.717) is 5.75 Å². The minimum absolute atomic E-state index is 0.0769. The van der Waals surface area contributed by atoms with E-state index in [1.54, 1.807) is 0 Å². The number of benzene rings is 1. The minimum Gasteiger partial charge on any atom is -0.447 e. The lowest BCUT2D eigenvalue weighted by Crippen LogP contribution is -2.40. The van der Waals surface area contributed by atoms with Crippen LogP contribution < -0.4 is 0 Å². The van der Waals surface area contributed by atoms with Crippen LogP contribution in [0.1, 0.15) is 12.5 Å². The first kappa shape index (κ1) is 15.4. The zero-order chi connectivity index (χ0) is 15.2. The Balaban J connectivity index is 1.92. The number of hydrogen-bond donors (Lipinski definition) is 0. The number of carbonyl (C=O) groups excluding carboxylic acids is 3. The van der Waals surface area contributed by atoms with Gasteiger partial charge in [0.25, 0.3) is 0 Å². The predicted molar refractivity (Wildman–Crippen MR) is 76.7 cm³/mol. The molecular weight excluding hydrogens is 294 g/mol. The zero-order valence-electron chi connectivity index (χ0n) is 11.5. The first-order valence-electron chi connectivity index (χ1n) is 6.38. The first-order valence-corrected chi connectivity index (χ1v) is 7.36. The minimum atomic E-state index is -0.754. The lowest BCUT2D eigenvalue weighted by atomic mass is 10.2. The van der Waals surface area contributed by atoms with Crippen molar-refractivity contribution in [3.05, 3.63) is 35.9 Å². The largest absolute Gasteiger partial charge is 0.447 e. The van der Waals surface area contributed by atoms with Crippen LogP contribution in [0.4, 0.5) is 9.59 Å². The molecule has 1 fully saturated rings. The molecule has 0 N–H and O–H groups in total. The zero-order valence-corrected chi connectivity index (χ0v) is 12.3. The summed E-state index contributed by atoms with van der Waals surface area (Å²) in [5, 5.41) is -0.0769. The van der Waals surface area contributed by atoms with Gasteiger partial charge in [-0.15, -0.1) is 0 Å². The number of ether oxygens (including phenoxy) is 2. The van der Waals surface area contributed by atoms with Crippen LogP contribution in [0, 0.1) is 0 Å². The summed E-state index contributed by atoms with van der Waals surface area (Å²) in [4.78, 5) is 35.5. The Morgan fingerprint density at radius 2 is 2.10 bits per heavy atom. The number of nitrogens with zero attached hydrogens (tertiary/aromatic N) is 1. The van der Waals surface area contributed by atoms with E-state index in [9.17, 15) is 14.4 Å². The average molecular weight is 309 g/mol. The summed E-state index contributed by atoms with van der Waals surface area (Å²) < 4.78 is 9.96. The molecule has 0 bridgehead atoms. The molecule has 112 valence electrons. The Hall–Kier alpha value is -2.02. The average Bonchev–Trinajstić information content (AvgIpc) is 2.85. The van der Waals surface area contributed by atoms with Crippen molar-refractivity contribution in [1.29, 1.82) is 0 Å². The molecule has 1 aliphatic rings. The van der Waals surface area contributed by atoms with Gasteiger partial charge in [-0.05, 0) is 5.56 Å². The van der Waals surface area contributed by atoms with Gasteiger partial charge in [-0.25, -0.2) is 14.5 Å². The molecule has 21 heavy (non-hydrogen) atoms. The molecule has 1 aromatic rings. The van der Waals surface area contributed by atoms with Crippen LogP contribution in [-0.4, -0.2) is 40.6 Å². The Morgan fingerprint density at radius 3 is 2.76 bits per heavy atom. The molecule has 6 nitrogen and oxygen atoms in total. The maximum atomic E-state index is 12.0. The molecule has 2 amide bonds. The van der Waals surface area contributed by atoms with Gasteiger partial charge in [0.1, 0.15) is 13.2 Å². The summed E-state index contributed by atoms with van der Waals surface area (Å²) in [6, 6.07) is 8.68. The van der Waals surface area contributed by atoms with Crippen LogP contribution in [0.5, 0.6) is 0 Å². The molecule has 1 unspecified atom stereocenters. The molecule has 0 aliphatic carbocycles. The van der Waals surface area contributed by atoms with Crippen molar-refractivity contribution < 1.29 is 23.9 Å². The smallest absolute Gasteiger partial charge is 0.420 e. The molecule has 1 heterocycles. The van der Waals surface area contributed by atoms with Crippen molar-refractivity contribution in [2.24, 2.45) is 0 Å². The lowest BCUT2D eigenvalue weighted by molar-refractivity contribution is -0.109. The van der Waals surface area contributed by atoms with Crippen LogP contribution in [0.3, 0.4) is 0 Å². The second kappa shape index (κ2) is 7.12. The highest BCUT2D eigenvalue weighted by Crippen LogP contribution is 2.19. The Labute approximate surface area is 126 Å². The molecule has 2 rings (SSSR count). The normalized spacial score (nSPS) is 17.5. The fourth-order valence-corrected chi connectivity index (χ4v) is 2.48. The number of imide groups is 1. The van der Waals surface area contributed by atoms with Gasteiger partial charge >= 0.3 is 12.2 Å². The van der Waals surface area contributed by atoms with E-state index < -0.39 is 18.2 Å². The maximum absolute atomic E-state index is 12.0. The third-order valence-electron chi connectivity index (χ3n) is 2.84. The SMILES string of the molecule is CC(=O)SCC1COC(=O)N1C(=O)OCc1ccccc1. The van der Waals surface area contributed by atoms with Crippen molar-refractivity contribution in [3.63, 3.8) is 0 Å². The second-order valence-electron chi connectivity index (χ2n) is 4.44. The van der Waals surface area contributed by atoms with Gasteiger partial charge in [0.2, 0.25) is 0 Å². The summed E-state index contributed by atoms with van der Waals surface area (Å²) in [7, 11) is 0. The van der Waals surface area contributed by atoms with Crippen LogP contribution in [0.25, 0.3) is 0 Å². The van der Waals surface area contributed by atoms with Gasteiger partial charge < -0.3 is 9.47 Å². The van der Waals surface area contributed by atoms with E-state index in [1.807, 2.05) is 30.3 Å². The van der Waals surface area contributed by atoms with Gasteiger partial charge in [-0.2, -0.15) is 0 Å². The molecule has 1 atom stereocenters. The van der Waals surface area contributed by atoms with Gasteiger partial charge in [-0.1, -0.05) is 42.1 Å². The highest BCUT2D eigenvalue weighted by Gasteiger charge is 2.39. The summed E-state index contributed by atoms with van der Waals surface area (Å²) in [6.07, 6.45) is -1.49. The number of hydrogen-bond acceptors (Lipinski definition) is 6. The summed E-state index contributed by atoms with van der Waals surface area (Å²) >= 11 is 1.05. The molecule has 7 heteroatoms. The number of cyclic esters (lactones) is 1. The van der Waals surface area contributed by atoms with Crippen molar-refractivity contribution in [2.75, 3.05) is 12.4 Å². The van der Waals surface area contributed by atoms with E-state index in [0.717, 1.165) is 22.2 Å². The predicted octanol–water partition coefficient (Wildman–Crippen LogP) is 2.42. The quantitative estimate of drug-likeness (QED) is 0.850. The van der Waals surface area contributed by atoms with E-state index in [1.165, 1.54) is 6.92 Å². The van der Waals surface area contributed by atoms with Gasteiger partial charge in [0.15, 0.2) is 5.12 Å². The topological polar surface area (TPSA) is 72.9 Å². The number of carbonyl (C=O) groups is 3. The third-order valence-corrected chi connectivity index (χ3v) is 3.80. The molecule has 0 aromatic heterocycles. The molecule has 0 spiro atoms. The van der Waals surface area contributed by atoms with E-state index in [-0.39, 0.29) is 18.3 Å². The van der Waals surface area contributed by atoms with Crippen molar-refractivity contribution in [1.82, 2.24) is 4.90 Å². The highest BCUT2D eigenvalue weighted by atomic mass is 32.2. The van der Waals surface area contributed by atoms with Crippen LogP contribution in [0.15, 0.2) is 30.3 Å². The van der Waals surface area contributed by atoms with E-state index in [2.05, 4.69) is 0 Å². The van der Waals surface area contributed by atoms with Gasteiger partial charge in [0.05, 0.1) is 6.04 Å². The summed E-state index contributed by atoms with van der Waals surface area (Å²) in [6.45, 7) is 1.59. The maximum Gasteiger partial charge on any atom is 0.420 e. The van der Waals surface area contributed by atoms with Crippen molar-refractivity contribution in [3.8, 4) is 0 Å². The fourth-order valence-electron chi connectivity index (χ4n) is 1.81. The molecule has 1 aromatic carbocycles. The van der Waals surface area contributed by atoms with Gasteiger partial charge in [0, 0.05) is 12.7 Å². The van der Waals surface area contributed by atoms with E-state index >= 15 is 0 Å². The second-order valence-corrected chi connectivity index (χ2v) is 5.64. The fraction of sp³-hybridized carbons (Fsp3) is 0.357. The monoisotopic (exact) mass is 309 g/mol. The molecule has 1 saturated heterocycles. The first-order chi connectivity index (χ1) is 10.1. The van der Waals surface area contributed by atoms with E-state index in [4.69, 9.17) is 9.47 Å².